The Kier molecular flexibility index (Phi) is 4.09. The van der Waals surface area contributed by atoms with E-state index in [1.807, 2.05) is 6.92 Å². The fourth-order valence-corrected chi connectivity index (χ4v) is 5.35. The molecule has 0 radical (unpaired) electrons. The molecule has 0 atom stereocenters. The van der Waals surface area contributed by atoms with Crippen LogP contribution in [0.5, 0.6) is 0 Å². The molecule has 10 heteroatoms. The summed E-state index contributed by atoms with van der Waals surface area (Å²) in [5.74, 6) is 0. The van der Waals surface area contributed by atoms with Gasteiger partial charge in [-0.3, -0.25) is 9.36 Å². The number of hydrogen-bond donors (Lipinski definition) is 1. The summed E-state index contributed by atoms with van der Waals surface area (Å²) in [6.45, 7) is 3.58. The van der Waals surface area contributed by atoms with Gasteiger partial charge in [0, 0.05) is 16.6 Å². The highest BCUT2D eigenvalue weighted by molar-refractivity contribution is 7.88. The number of aromatic nitrogens is 3. The van der Waals surface area contributed by atoms with Crippen molar-refractivity contribution in [3.63, 3.8) is 0 Å². The third-order valence-electron chi connectivity index (χ3n) is 4.60. The molecule has 1 aliphatic carbocycles. The van der Waals surface area contributed by atoms with Crippen LogP contribution in [-0.4, -0.2) is 27.5 Å². The molecule has 4 rings (SSSR count). The van der Waals surface area contributed by atoms with Crippen LogP contribution in [0.1, 0.15) is 29.7 Å². The van der Waals surface area contributed by atoms with Crippen molar-refractivity contribution in [3.8, 4) is 0 Å². The van der Waals surface area contributed by atoms with Crippen LogP contribution in [0.2, 0.25) is 0 Å². The molecule has 1 aromatic carbocycles. The van der Waals surface area contributed by atoms with E-state index in [-0.39, 0.29) is 17.4 Å². The molecule has 1 saturated carbocycles. The Morgan fingerprint density at radius 2 is 1.96 bits per heavy atom. The average molecular weight is 406 g/mol. The van der Waals surface area contributed by atoms with E-state index in [1.165, 1.54) is 23.5 Å². The van der Waals surface area contributed by atoms with Crippen LogP contribution in [0.25, 0.3) is 10.9 Å². The van der Waals surface area contributed by atoms with E-state index in [2.05, 4.69) is 9.71 Å². The van der Waals surface area contributed by atoms with Crippen molar-refractivity contribution >= 4 is 32.4 Å². The van der Waals surface area contributed by atoms with Crippen molar-refractivity contribution in [2.24, 2.45) is 0 Å². The molecule has 3 aromatic rings. The van der Waals surface area contributed by atoms with Gasteiger partial charge in [-0.15, -0.1) is 11.3 Å². The standard InChI is InChI=1S/C17H18N4O4S2/c1-11-18-9-12(26-11)10-20-15(22)13-5-3-4-6-14(13)21(16(20)23)27(24,25)19-17(2)7-8-17/h3-6,9,19H,7-8,10H2,1-2H3. The number of fused-ring (bicyclic) bond motifs is 1. The van der Waals surface area contributed by atoms with Crippen LogP contribution < -0.4 is 16.0 Å². The molecule has 0 bridgehead atoms. The van der Waals surface area contributed by atoms with Crippen LogP contribution in [0, 0.1) is 6.92 Å². The topological polar surface area (TPSA) is 103 Å². The number of nitrogens with zero attached hydrogens (tertiary/aromatic N) is 3. The summed E-state index contributed by atoms with van der Waals surface area (Å²) < 4.78 is 30.2. The summed E-state index contributed by atoms with van der Waals surface area (Å²) in [4.78, 5) is 30.7. The summed E-state index contributed by atoms with van der Waals surface area (Å²) in [7, 11) is -4.16. The Balaban J connectivity index is 1.97. The molecule has 0 saturated heterocycles. The van der Waals surface area contributed by atoms with Gasteiger partial charge in [-0.25, -0.2) is 9.78 Å². The van der Waals surface area contributed by atoms with E-state index in [0.717, 1.165) is 9.57 Å². The lowest BCUT2D eigenvalue weighted by Gasteiger charge is -2.17. The molecule has 0 amide bonds. The largest absolute Gasteiger partial charge is 0.346 e. The summed E-state index contributed by atoms with van der Waals surface area (Å²) in [5.41, 5.74) is -1.89. The number of rotatable bonds is 5. The molecular weight excluding hydrogens is 388 g/mol. The number of para-hydroxylation sites is 1. The minimum atomic E-state index is -4.16. The number of hydrogen-bond acceptors (Lipinski definition) is 6. The van der Waals surface area contributed by atoms with Crippen LogP contribution in [0.3, 0.4) is 0 Å². The van der Waals surface area contributed by atoms with Gasteiger partial charge in [0.2, 0.25) is 0 Å². The number of thiazole rings is 1. The number of nitrogens with one attached hydrogen (secondary N) is 1. The Bertz CT molecular complexity index is 1270. The number of aryl methyl sites for hydroxylation is 1. The normalized spacial score (nSPS) is 15.9. The molecule has 8 nitrogen and oxygen atoms in total. The van der Waals surface area contributed by atoms with Crippen LogP contribution in [0.15, 0.2) is 40.1 Å². The van der Waals surface area contributed by atoms with Crippen molar-refractivity contribution < 1.29 is 8.42 Å². The van der Waals surface area contributed by atoms with E-state index in [9.17, 15) is 18.0 Å². The van der Waals surface area contributed by atoms with Gasteiger partial charge in [-0.1, -0.05) is 12.1 Å². The Morgan fingerprint density at radius 1 is 1.26 bits per heavy atom. The molecule has 1 N–H and O–H groups in total. The molecule has 0 unspecified atom stereocenters. The second-order valence-corrected chi connectivity index (χ2v) is 9.81. The highest BCUT2D eigenvalue weighted by Crippen LogP contribution is 2.35. The molecule has 27 heavy (non-hydrogen) atoms. The van der Waals surface area contributed by atoms with Crippen molar-refractivity contribution in [3.05, 3.63) is 61.2 Å². The maximum absolute atomic E-state index is 13.1. The summed E-state index contributed by atoms with van der Waals surface area (Å²) in [5, 5.41) is 0.972. The maximum Gasteiger partial charge on any atom is 0.346 e. The lowest BCUT2D eigenvalue weighted by molar-refractivity contribution is 0.544. The molecule has 0 aliphatic heterocycles. The van der Waals surface area contributed by atoms with Gasteiger partial charge in [-0.05, 0) is 38.8 Å². The molecule has 2 heterocycles. The van der Waals surface area contributed by atoms with E-state index in [0.29, 0.717) is 21.7 Å². The zero-order valence-corrected chi connectivity index (χ0v) is 16.4. The Morgan fingerprint density at radius 3 is 2.59 bits per heavy atom. The average Bonchev–Trinajstić information content (AvgIpc) is 3.16. The lowest BCUT2D eigenvalue weighted by Crippen LogP contribution is -2.48. The first-order chi connectivity index (χ1) is 12.7. The van der Waals surface area contributed by atoms with Gasteiger partial charge in [0.1, 0.15) is 0 Å². The van der Waals surface area contributed by atoms with Crippen molar-refractivity contribution in [1.29, 1.82) is 0 Å². The third-order valence-corrected chi connectivity index (χ3v) is 7.08. The lowest BCUT2D eigenvalue weighted by atomic mass is 10.2. The first kappa shape index (κ1) is 18.1. The van der Waals surface area contributed by atoms with Crippen molar-refractivity contribution in [1.82, 2.24) is 18.2 Å². The quantitative estimate of drug-likeness (QED) is 0.686. The zero-order valence-electron chi connectivity index (χ0n) is 14.8. The minimum absolute atomic E-state index is 0.0270. The first-order valence-corrected chi connectivity index (χ1v) is 10.7. The molecule has 142 valence electrons. The fourth-order valence-electron chi connectivity index (χ4n) is 2.93. The highest BCUT2D eigenvalue weighted by atomic mass is 32.2. The van der Waals surface area contributed by atoms with Gasteiger partial charge >= 0.3 is 15.9 Å². The second kappa shape index (κ2) is 6.11. The van der Waals surface area contributed by atoms with E-state index in [4.69, 9.17) is 0 Å². The molecule has 2 aromatic heterocycles. The summed E-state index contributed by atoms with van der Waals surface area (Å²) in [6.07, 6.45) is 3.00. The molecular formula is C17H18N4O4S2. The fraction of sp³-hybridized carbons (Fsp3) is 0.353. The maximum atomic E-state index is 13.1. The highest BCUT2D eigenvalue weighted by Gasteiger charge is 2.42. The predicted molar refractivity (Wildman–Crippen MR) is 104 cm³/mol. The van der Waals surface area contributed by atoms with Gasteiger partial charge in [0.25, 0.3) is 5.56 Å². The summed E-state index contributed by atoms with van der Waals surface area (Å²) >= 11 is 1.35. The Hall–Kier alpha value is -2.30. The van der Waals surface area contributed by atoms with Crippen LogP contribution in [0.4, 0.5) is 0 Å². The van der Waals surface area contributed by atoms with E-state index >= 15 is 0 Å². The summed E-state index contributed by atoms with van der Waals surface area (Å²) in [6, 6.07) is 6.23. The second-order valence-electron chi connectivity index (χ2n) is 6.97. The zero-order chi connectivity index (χ0) is 19.4. The van der Waals surface area contributed by atoms with Gasteiger partial charge < -0.3 is 0 Å². The van der Waals surface area contributed by atoms with Gasteiger partial charge in [-0.2, -0.15) is 17.1 Å². The van der Waals surface area contributed by atoms with Crippen molar-refractivity contribution in [2.45, 2.75) is 38.8 Å². The van der Waals surface area contributed by atoms with Gasteiger partial charge in [0.15, 0.2) is 0 Å². The third kappa shape index (κ3) is 3.24. The van der Waals surface area contributed by atoms with Crippen LogP contribution in [-0.2, 0) is 16.8 Å². The van der Waals surface area contributed by atoms with E-state index in [1.54, 1.807) is 25.3 Å². The first-order valence-electron chi connectivity index (χ1n) is 8.41. The van der Waals surface area contributed by atoms with Crippen LogP contribution >= 0.6 is 11.3 Å². The number of benzene rings is 1. The molecule has 1 aliphatic rings. The SMILES string of the molecule is Cc1ncc(Cn2c(=O)c3ccccc3n(S(=O)(=O)NC3(C)CC3)c2=O)s1. The Labute approximate surface area is 159 Å². The minimum Gasteiger partial charge on any atom is -0.268 e. The van der Waals surface area contributed by atoms with Gasteiger partial charge in [0.05, 0.1) is 22.5 Å². The predicted octanol–water partition coefficient (Wildman–Crippen LogP) is 1.21. The monoisotopic (exact) mass is 406 g/mol. The smallest absolute Gasteiger partial charge is 0.268 e. The van der Waals surface area contributed by atoms with Crippen molar-refractivity contribution in [2.75, 3.05) is 0 Å². The van der Waals surface area contributed by atoms with E-state index < -0.39 is 27.0 Å². The molecule has 1 fully saturated rings. The molecule has 0 spiro atoms.